The molecule has 0 fully saturated rings. The van der Waals surface area contributed by atoms with Crippen LogP contribution >= 0.6 is 22.9 Å². The zero-order chi connectivity index (χ0) is 17.1. The Kier molecular flexibility index (Phi) is 3.45. The van der Waals surface area contributed by atoms with E-state index in [1.54, 1.807) is 29.8 Å². The van der Waals surface area contributed by atoms with Gasteiger partial charge in [-0.05, 0) is 24.1 Å². The van der Waals surface area contributed by atoms with Gasteiger partial charge in [0.1, 0.15) is 0 Å². The molecule has 124 valence electrons. The number of rotatable bonds is 3. The summed E-state index contributed by atoms with van der Waals surface area (Å²) in [6.07, 6.45) is 2.79. The van der Waals surface area contributed by atoms with Crippen LogP contribution in [0, 0.1) is 0 Å². The largest absolute Gasteiger partial charge is 0.294 e. The molecule has 4 rings (SSSR count). The van der Waals surface area contributed by atoms with Crippen molar-refractivity contribution >= 4 is 49.4 Å². The maximum absolute atomic E-state index is 13.0. The summed E-state index contributed by atoms with van der Waals surface area (Å²) in [5.41, 5.74) is 1.97. The van der Waals surface area contributed by atoms with E-state index >= 15 is 0 Å². The van der Waals surface area contributed by atoms with Crippen LogP contribution in [0.4, 0.5) is 5.69 Å². The Morgan fingerprint density at radius 1 is 1.33 bits per heavy atom. The summed E-state index contributed by atoms with van der Waals surface area (Å²) in [5, 5.41) is 1.60. The van der Waals surface area contributed by atoms with Crippen molar-refractivity contribution in [2.75, 3.05) is 11.4 Å². The number of imidazole rings is 1. The predicted octanol–water partition coefficient (Wildman–Crippen LogP) is 3.00. The third-order valence-electron chi connectivity index (χ3n) is 4.16. The lowest BCUT2D eigenvalue weighted by atomic mass is 10.1. The van der Waals surface area contributed by atoms with E-state index in [1.807, 2.05) is 0 Å². The van der Waals surface area contributed by atoms with Crippen molar-refractivity contribution in [1.29, 1.82) is 0 Å². The molecule has 2 heterocycles. The van der Waals surface area contributed by atoms with Gasteiger partial charge < -0.3 is 0 Å². The molecule has 0 aliphatic heterocycles. The van der Waals surface area contributed by atoms with E-state index in [1.165, 1.54) is 22.8 Å². The van der Waals surface area contributed by atoms with Gasteiger partial charge in [-0.2, -0.15) is 8.42 Å². The molecule has 0 amide bonds. The number of anilines is 1. The van der Waals surface area contributed by atoms with E-state index in [2.05, 4.69) is 4.98 Å². The third-order valence-corrected chi connectivity index (χ3v) is 7.11. The Labute approximate surface area is 147 Å². The van der Waals surface area contributed by atoms with Gasteiger partial charge in [0, 0.05) is 30.6 Å². The average molecular weight is 382 g/mol. The van der Waals surface area contributed by atoms with Gasteiger partial charge in [-0.15, -0.1) is 11.3 Å². The SMILES string of the molecule is CN(c1ccc2c(c1)C(=O)CC2)S(=O)(=O)c1c(Cl)nc2sccn12. The Morgan fingerprint density at radius 2 is 2.12 bits per heavy atom. The van der Waals surface area contributed by atoms with Crippen LogP contribution in [0.5, 0.6) is 0 Å². The maximum atomic E-state index is 13.0. The zero-order valence-corrected chi connectivity index (χ0v) is 15.0. The minimum absolute atomic E-state index is 0.0419. The number of ketones is 1. The summed E-state index contributed by atoms with van der Waals surface area (Å²) in [7, 11) is -2.47. The Balaban J connectivity index is 1.83. The molecule has 0 N–H and O–H groups in total. The van der Waals surface area contributed by atoms with Crippen molar-refractivity contribution in [3.63, 3.8) is 0 Å². The second-order valence-electron chi connectivity index (χ2n) is 5.50. The number of halogens is 1. The maximum Gasteiger partial charge on any atom is 0.283 e. The normalized spacial score (nSPS) is 14.3. The lowest BCUT2D eigenvalue weighted by Gasteiger charge is -2.19. The monoisotopic (exact) mass is 381 g/mol. The highest BCUT2D eigenvalue weighted by Gasteiger charge is 2.30. The molecule has 0 saturated heterocycles. The summed E-state index contributed by atoms with van der Waals surface area (Å²) < 4.78 is 28.6. The summed E-state index contributed by atoms with van der Waals surface area (Å²) in [5.74, 6) is 0.0419. The second kappa shape index (κ2) is 5.30. The van der Waals surface area contributed by atoms with Crippen LogP contribution in [0.1, 0.15) is 22.3 Å². The van der Waals surface area contributed by atoms with Gasteiger partial charge in [-0.1, -0.05) is 17.7 Å². The van der Waals surface area contributed by atoms with E-state index in [0.717, 1.165) is 9.87 Å². The van der Waals surface area contributed by atoms with Gasteiger partial charge in [-0.3, -0.25) is 13.5 Å². The van der Waals surface area contributed by atoms with E-state index in [-0.39, 0.29) is 16.0 Å². The lowest BCUT2D eigenvalue weighted by Crippen LogP contribution is -2.28. The van der Waals surface area contributed by atoms with Gasteiger partial charge in [0.05, 0.1) is 5.69 Å². The lowest BCUT2D eigenvalue weighted by molar-refractivity contribution is 0.0994. The molecule has 9 heteroatoms. The first-order valence-corrected chi connectivity index (χ1v) is 9.85. The molecule has 0 atom stereocenters. The van der Waals surface area contributed by atoms with Gasteiger partial charge in [-0.25, -0.2) is 4.98 Å². The smallest absolute Gasteiger partial charge is 0.283 e. The number of aromatic nitrogens is 2. The number of carbonyl (C=O) groups excluding carboxylic acids is 1. The number of carbonyl (C=O) groups is 1. The first kappa shape index (κ1) is 15.6. The number of thiazole rings is 1. The van der Waals surface area contributed by atoms with E-state index < -0.39 is 10.0 Å². The number of Topliss-reactive ketones (excluding diaryl/α,β-unsaturated/α-hetero) is 1. The molecule has 0 bridgehead atoms. The van der Waals surface area contributed by atoms with Crippen molar-refractivity contribution in [2.45, 2.75) is 17.9 Å². The minimum Gasteiger partial charge on any atom is -0.294 e. The standard InChI is InChI=1S/C15H12ClN3O3S2/c1-18(10-4-2-9-3-5-12(20)11(9)8-10)24(21,22)14-13(16)17-15-19(14)6-7-23-15/h2,4,6-8H,3,5H2,1H3. The minimum atomic E-state index is -3.91. The van der Waals surface area contributed by atoms with Crippen LogP contribution in [0.25, 0.3) is 4.96 Å². The molecular formula is C15H12ClN3O3S2. The fraction of sp³-hybridized carbons (Fsp3) is 0.200. The van der Waals surface area contributed by atoms with Crippen LogP contribution in [0.15, 0.2) is 34.8 Å². The van der Waals surface area contributed by atoms with Gasteiger partial charge in [0.25, 0.3) is 10.0 Å². The fourth-order valence-electron chi connectivity index (χ4n) is 2.86. The molecule has 3 aromatic rings. The molecule has 0 unspecified atom stereocenters. The van der Waals surface area contributed by atoms with Crippen molar-refractivity contribution < 1.29 is 13.2 Å². The summed E-state index contributed by atoms with van der Waals surface area (Å²) in [4.78, 5) is 16.5. The molecule has 1 aliphatic carbocycles. The number of fused-ring (bicyclic) bond motifs is 2. The van der Waals surface area contributed by atoms with Crippen LogP contribution in [0.3, 0.4) is 0 Å². The highest BCUT2D eigenvalue weighted by Crippen LogP contribution is 2.32. The summed E-state index contributed by atoms with van der Waals surface area (Å²) >= 11 is 7.36. The predicted molar refractivity (Wildman–Crippen MR) is 92.8 cm³/mol. The quantitative estimate of drug-likeness (QED) is 0.699. The highest BCUT2D eigenvalue weighted by molar-refractivity contribution is 7.92. The second-order valence-corrected chi connectivity index (χ2v) is 8.62. The molecule has 0 spiro atoms. The Hall–Kier alpha value is -1.90. The molecule has 2 aromatic heterocycles. The average Bonchev–Trinajstić information content (AvgIpc) is 3.21. The topological polar surface area (TPSA) is 71.8 Å². The number of sulfonamides is 1. The van der Waals surface area contributed by atoms with Crippen molar-refractivity contribution in [1.82, 2.24) is 9.38 Å². The number of nitrogens with zero attached hydrogens (tertiary/aromatic N) is 3. The molecule has 24 heavy (non-hydrogen) atoms. The molecule has 0 radical (unpaired) electrons. The number of hydrogen-bond acceptors (Lipinski definition) is 5. The first-order valence-electron chi connectivity index (χ1n) is 7.15. The van der Waals surface area contributed by atoms with Crippen LogP contribution in [0.2, 0.25) is 5.15 Å². The van der Waals surface area contributed by atoms with Crippen molar-refractivity contribution in [2.24, 2.45) is 0 Å². The van der Waals surface area contributed by atoms with Crippen LogP contribution < -0.4 is 4.31 Å². The van der Waals surface area contributed by atoms with Crippen molar-refractivity contribution in [3.05, 3.63) is 46.1 Å². The molecule has 6 nitrogen and oxygen atoms in total. The van der Waals surface area contributed by atoms with Crippen LogP contribution in [-0.4, -0.2) is 30.6 Å². The number of benzene rings is 1. The Bertz CT molecular complexity index is 1080. The van der Waals surface area contributed by atoms with Crippen LogP contribution in [-0.2, 0) is 16.4 Å². The zero-order valence-electron chi connectivity index (χ0n) is 12.6. The van der Waals surface area contributed by atoms with E-state index in [9.17, 15) is 13.2 Å². The van der Waals surface area contributed by atoms with Gasteiger partial charge >= 0.3 is 0 Å². The van der Waals surface area contributed by atoms with E-state index in [4.69, 9.17) is 11.6 Å². The highest BCUT2D eigenvalue weighted by atomic mass is 35.5. The molecule has 0 saturated carbocycles. The number of hydrogen-bond donors (Lipinski definition) is 0. The fourth-order valence-corrected chi connectivity index (χ4v) is 5.45. The first-order chi connectivity index (χ1) is 11.4. The van der Waals surface area contributed by atoms with E-state index in [0.29, 0.717) is 29.1 Å². The van der Waals surface area contributed by atoms with Crippen molar-refractivity contribution in [3.8, 4) is 0 Å². The number of aryl methyl sites for hydroxylation is 1. The molecule has 1 aromatic carbocycles. The molecule has 1 aliphatic rings. The third kappa shape index (κ3) is 2.17. The Morgan fingerprint density at radius 3 is 2.92 bits per heavy atom. The summed E-state index contributed by atoms with van der Waals surface area (Å²) in [6.45, 7) is 0. The summed E-state index contributed by atoms with van der Waals surface area (Å²) in [6, 6.07) is 5.14. The van der Waals surface area contributed by atoms with Gasteiger partial charge in [0.2, 0.25) is 0 Å². The van der Waals surface area contributed by atoms with Gasteiger partial charge in [0.15, 0.2) is 20.9 Å². The molecular weight excluding hydrogens is 370 g/mol.